The Morgan fingerprint density at radius 3 is 2.42 bits per heavy atom. The minimum absolute atomic E-state index is 0.0248. The van der Waals surface area contributed by atoms with Crippen molar-refractivity contribution in [3.05, 3.63) is 69.6 Å². The van der Waals surface area contributed by atoms with Crippen LogP contribution in [0.3, 0.4) is 0 Å². The fraction of sp³-hybridized carbons (Fsp3) is 0.393. The van der Waals surface area contributed by atoms with Crippen LogP contribution in [0.15, 0.2) is 52.3 Å². The summed E-state index contributed by atoms with van der Waals surface area (Å²) in [4.78, 5) is 48.3. The van der Waals surface area contributed by atoms with Gasteiger partial charge in [0.25, 0.3) is 5.56 Å². The molecule has 0 spiro atoms. The molecule has 0 unspecified atom stereocenters. The number of guanidine groups is 1. The first-order valence-electron chi connectivity index (χ1n) is 12.9. The van der Waals surface area contributed by atoms with E-state index in [0.29, 0.717) is 28.8 Å². The third-order valence-electron chi connectivity index (χ3n) is 7.69. The van der Waals surface area contributed by atoms with Gasteiger partial charge in [0.2, 0.25) is 5.91 Å². The molecule has 3 aromatic rings. The van der Waals surface area contributed by atoms with Gasteiger partial charge in [0, 0.05) is 19.5 Å². The number of aryl methyl sites for hydroxylation is 1. The maximum atomic E-state index is 13.2. The summed E-state index contributed by atoms with van der Waals surface area (Å²) in [7, 11) is 1.73. The van der Waals surface area contributed by atoms with Crippen molar-refractivity contribution >= 4 is 34.6 Å². The number of carbonyl (C=O) groups is 2. The molecular formula is C28H32N6O4. The number of benzene rings is 2. The van der Waals surface area contributed by atoms with Gasteiger partial charge in [-0.15, -0.1) is 0 Å². The maximum absolute atomic E-state index is 13.2. The summed E-state index contributed by atoms with van der Waals surface area (Å²) >= 11 is 0. The number of aliphatic carboxylic acids is 1. The zero-order chi connectivity index (χ0) is 27.0. The lowest BCUT2D eigenvalue weighted by Crippen LogP contribution is -2.47. The number of nitrogens with two attached hydrogens (primary N) is 2. The molecule has 5 rings (SSSR count). The number of carboxylic acids is 1. The van der Waals surface area contributed by atoms with Crippen molar-refractivity contribution in [2.45, 2.75) is 62.9 Å². The quantitative estimate of drug-likeness (QED) is 0.236. The van der Waals surface area contributed by atoms with Gasteiger partial charge >= 0.3 is 5.97 Å². The second kappa shape index (κ2) is 9.92. The summed E-state index contributed by atoms with van der Waals surface area (Å²) in [6.07, 6.45) is 5.24. The number of carbonyl (C=O) groups excluding carboxylic acids is 1. The van der Waals surface area contributed by atoms with Crippen molar-refractivity contribution in [1.29, 1.82) is 0 Å². The number of hydrogen-bond acceptors (Lipinski definition) is 5. The van der Waals surface area contributed by atoms with E-state index >= 15 is 0 Å². The number of hydrogen-bond donors (Lipinski definition) is 3. The molecule has 0 atom stereocenters. The number of aliphatic imine (C=N–C) groups is 1. The van der Waals surface area contributed by atoms with Crippen molar-refractivity contribution < 1.29 is 14.7 Å². The molecule has 2 aliphatic carbocycles. The van der Waals surface area contributed by atoms with Crippen LogP contribution in [0, 0.1) is 0 Å². The molecule has 1 heterocycles. The first-order valence-corrected chi connectivity index (χ1v) is 12.9. The van der Waals surface area contributed by atoms with Gasteiger partial charge in [-0.25, -0.2) is 9.98 Å². The number of carboxylic acid groups (broad SMARTS) is 1. The Bertz CT molecular complexity index is 1480. The number of amides is 1. The fourth-order valence-electron chi connectivity index (χ4n) is 5.78. The number of aromatic nitrogens is 2. The molecule has 10 nitrogen and oxygen atoms in total. The Balaban J connectivity index is 1.51. The number of rotatable bonds is 8. The van der Waals surface area contributed by atoms with E-state index in [2.05, 4.69) is 4.99 Å². The molecule has 2 aromatic carbocycles. The lowest BCUT2D eigenvalue weighted by Gasteiger charge is -2.37. The second-order valence-electron chi connectivity index (χ2n) is 10.3. The third kappa shape index (κ3) is 4.85. The van der Waals surface area contributed by atoms with Crippen LogP contribution in [0.25, 0.3) is 11.0 Å². The Labute approximate surface area is 220 Å². The van der Waals surface area contributed by atoms with Gasteiger partial charge in [0.05, 0.1) is 22.3 Å². The summed E-state index contributed by atoms with van der Waals surface area (Å²) in [6.45, 7) is 0. The van der Waals surface area contributed by atoms with Gasteiger partial charge < -0.3 is 26.0 Å². The van der Waals surface area contributed by atoms with Crippen LogP contribution < -0.4 is 17.0 Å². The Morgan fingerprint density at radius 1 is 1.13 bits per heavy atom. The summed E-state index contributed by atoms with van der Waals surface area (Å²) in [5.41, 5.74) is 14.4. The van der Waals surface area contributed by atoms with Crippen molar-refractivity contribution in [2.24, 2.45) is 23.5 Å². The van der Waals surface area contributed by atoms with E-state index in [-0.39, 0.29) is 23.5 Å². The maximum Gasteiger partial charge on any atom is 0.312 e. The van der Waals surface area contributed by atoms with Crippen LogP contribution >= 0.6 is 0 Å². The Morgan fingerprint density at radius 2 is 1.82 bits per heavy atom. The summed E-state index contributed by atoms with van der Waals surface area (Å²) < 4.78 is 1.60. The third-order valence-corrected chi connectivity index (χ3v) is 7.69. The average molecular weight is 517 g/mol. The first kappa shape index (κ1) is 25.4. The van der Waals surface area contributed by atoms with Crippen LogP contribution in [0.4, 0.5) is 5.69 Å². The largest absolute Gasteiger partial charge is 0.481 e. The van der Waals surface area contributed by atoms with Crippen molar-refractivity contribution in [1.82, 2.24) is 14.5 Å². The van der Waals surface area contributed by atoms with Crippen molar-refractivity contribution in [3.63, 3.8) is 0 Å². The predicted molar refractivity (Wildman–Crippen MR) is 144 cm³/mol. The van der Waals surface area contributed by atoms with Crippen molar-refractivity contribution in [2.75, 3.05) is 0 Å². The van der Waals surface area contributed by atoms with E-state index in [0.717, 1.165) is 49.7 Å². The van der Waals surface area contributed by atoms with E-state index in [1.54, 1.807) is 23.7 Å². The second-order valence-corrected chi connectivity index (χ2v) is 10.3. The zero-order valence-corrected chi connectivity index (χ0v) is 21.4. The average Bonchev–Trinajstić information content (AvgIpc) is 3.48. The highest BCUT2D eigenvalue weighted by Gasteiger charge is 2.54. The van der Waals surface area contributed by atoms with E-state index < -0.39 is 17.9 Å². The number of fused-ring (bicyclic) bond motifs is 1. The summed E-state index contributed by atoms with van der Waals surface area (Å²) in [6, 6.07) is 13.1. The van der Waals surface area contributed by atoms with Crippen LogP contribution in [-0.2, 0) is 28.6 Å². The van der Waals surface area contributed by atoms with Gasteiger partial charge in [-0.1, -0.05) is 31.0 Å². The predicted octanol–water partition coefficient (Wildman–Crippen LogP) is 2.66. The van der Waals surface area contributed by atoms with E-state index in [1.807, 2.05) is 35.2 Å². The molecule has 10 heteroatoms. The summed E-state index contributed by atoms with van der Waals surface area (Å²) in [5, 5.41) is 9.33. The Hall–Kier alpha value is -4.21. The SMILES string of the molecule is Cn1c(=O)c(Cc2ccc(N=C(N)N)cc2)nc2cc(C3(N(C(=O)CC(=O)O)C4CCCC4)CC3)ccc21. The molecule has 0 aliphatic heterocycles. The molecule has 2 aliphatic rings. The monoisotopic (exact) mass is 516 g/mol. The van der Waals surface area contributed by atoms with Gasteiger partial charge in [-0.2, -0.15) is 0 Å². The molecule has 0 saturated heterocycles. The van der Waals surface area contributed by atoms with Crippen LogP contribution in [0.1, 0.15) is 61.8 Å². The van der Waals surface area contributed by atoms with Crippen LogP contribution in [0.2, 0.25) is 0 Å². The van der Waals surface area contributed by atoms with Crippen LogP contribution in [0.5, 0.6) is 0 Å². The zero-order valence-electron chi connectivity index (χ0n) is 21.4. The summed E-state index contributed by atoms with van der Waals surface area (Å²) in [5.74, 6) is -1.47. The normalized spacial score (nSPS) is 16.3. The van der Waals surface area contributed by atoms with Gasteiger partial charge in [0.1, 0.15) is 12.1 Å². The molecule has 2 fully saturated rings. The lowest BCUT2D eigenvalue weighted by molar-refractivity contribution is -0.147. The number of nitrogens with zero attached hydrogens (tertiary/aromatic N) is 4. The standard InChI is InChI=1S/C28H32N6O4/c1-33-23-11-8-18(28(12-13-28)34(20-4-2-3-5-20)24(35)16-25(36)37)15-21(23)32-22(26(33)38)14-17-6-9-19(10-7-17)31-27(29)30/h6-11,15,20H,2-5,12-14,16H2,1H3,(H,36,37)(H4,29,30,31). The highest BCUT2D eigenvalue weighted by atomic mass is 16.4. The highest BCUT2D eigenvalue weighted by Crippen LogP contribution is 2.54. The smallest absolute Gasteiger partial charge is 0.312 e. The molecule has 5 N–H and O–H groups in total. The van der Waals surface area contributed by atoms with E-state index in [9.17, 15) is 19.5 Å². The van der Waals surface area contributed by atoms with Gasteiger partial charge in [0.15, 0.2) is 5.96 Å². The molecule has 198 valence electrons. The molecule has 0 bridgehead atoms. The minimum atomic E-state index is -1.11. The van der Waals surface area contributed by atoms with E-state index in [1.165, 1.54) is 0 Å². The topological polar surface area (TPSA) is 157 Å². The van der Waals surface area contributed by atoms with Gasteiger partial charge in [-0.05, 0) is 61.1 Å². The van der Waals surface area contributed by atoms with Crippen molar-refractivity contribution in [3.8, 4) is 0 Å². The highest BCUT2D eigenvalue weighted by molar-refractivity contribution is 5.94. The minimum Gasteiger partial charge on any atom is -0.481 e. The fourth-order valence-corrected chi connectivity index (χ4v) is 5.78. The lowest BCUT2D eigenvalue weighted by atomic mass is 9.98. The van der Waals surface area contributed by atoms with Gasteiger partial charge in [-0.3, -0.25) is 14.4 Å². The molecule has 1 aromatic heterocycles. The molecule has 1 amide bonds. The first-order chi connectivity index (χ1) is 18.2. The van der Waals surface area contributed by atoms with Crippen LogP contribution in [-0.4, -0.2) is 43.4 Å². The molecule has 38 heavy (non-hydrogen) atoms. The molecule has 0 radical (unpaired) electrons. The molecular weight excluding hydrogens is 484 g/mol. The Kier molecular flexibility index (Phi) is 6.64. The molecule has 2 saturated carbocycles. The van der Waals surface area contributed by atoms with E-state index in [4.69, 9.17) is 16.5 Å².